The second-order valence-electron chi connectivity index (χ2n) is 2.66. The minimum Gasteiger partial charge on any atom is -0.123 e. The molecule has 1 saturated carbocycles. The molecule has 0 radical (unpaired) electrons. The van der Waals surface area contributed by atoms with Crippen LogP contribution in [0.25, 0.3) is 0 Å². The summed E-state index contributed by atoms with van der Waals surface area (Å²) in [4.78, 5) is 0. The summed E-state index contributed by atoms with van der Waals surface area (Å²) < 4.78 is 0. The van der Waals surface area contributed by atoms with Crippen LogP contribution in [0.3, 0.4) is 0 Å². The van der Waals surface area contributed by atoms with Crippen molar-refractivity contribution < 1.29 is 0 Å². The van der Waals surface area contributed by atoms with Gasteiger partial charge in [0.25, 0.3) is 0 Å². The monoisotopic (exact) mass is 118 g/mol. The average Bonchev–Trinajstić information content (AvgIpc) is 2.17. The van der Waals surface area contributed by atoms with Crippen molar-refractivity contribution in [2.75, 3.05) is 0 Å². The Morgan fingerprint density at radius 2 is 2.00 bits per heavy atom. The van der Waals surface area contributed by atoms with Gasteiger partial charge in [0, 0.05) is 5.38 Å². The zero-order valence-electron chi connectivity index (χ0n) is 4.82. The van der Waals surface area contributed by atoms with Gasteiger partial charge in [-0.05, 0) is 18.3 Å². The second-order valence-corrected chi connectivity index (χ2v) is 3.22. The van der Waals surface area contributed by atoms with Gasteiger partial charge in [-0.2, -0.15) is 0 Å². The molecule has 0 spiro atoms. The summed E-state index contributed by atoms with van der Waals surface area (Å²) in [6, 6.07) is 0. The number of alkyl halides is 1. The van der Waals surface area contributed by atoms with Gasteiger partial charge in [-0.1, -0.05) is 13.8 Å². The van der Waals surface area contributed by atoms with Crippen LogP contribution in [0.5, 0.6) is 0 Å². The van der Waals surface area contributed by atoms with Gasteiger partial charge < -0.3 is 0 Å². The molecule has 0 N–H and O–H groups in total. The molecule has 2 atom stereocenters. The Morgan fingerprint density at radius 1 is 1.57 bits per heavy atom. The molecule has 0 aromatic heterocycles. The molecule has 0 aliphatic heterocycles. The normalized spacial score (nSPS) is 39.4. The van der Waals surface area contributed by atoms with Crippen molar-refractivity contribution in [2.24, 2.45) is 11.8 Å². The predicted molar refractivity (Wildman–Crippen MR) is 32.6 cm³/mol. The lowest BCUT2D eigenvalue weighted by Crippen LogP contribution is -1.90. The third kappa shape index (κ3) is 1.09. The first-order valence-corrected chi connectivity index (χ1v) is 3.29. The molecule has 1 aliphatic carbocycles. The molecule has 1 rings (SSSR count). The number of halogens is 1. The summed E-state index contributed by atoms with van der Waals surface area (Å²) in [6.07, 6.45) is 1.25. The first kappa shape index (κ1) is 5.43. The van der Waals surface area contributed by atoms with Crippen molar-refractivity contribution >= 4 is 11.6 Å². The van der Waals surface area contributed by atoms with E-state index < -0.39 is 0 Å². The van der Waals surface area contributed by atoms with Gasteiger partial charge in [-0.3, -0.25) is 0 Å². The molecule has 0 nitrogen and oxygen atoms in total. The second kappa shape index (κ2) is 1.66. The Bertz CT molecular complexity index is 68.6. The van der Waals surface area contributed by atoms with E-state index in [0.717, 1.165) is 11.8 Å². The molecule has 1 heteroatoms. The van der Waals surface area contributed by atoms with Gasteiger partial charge >= 0.3 is 0 Å². The van der Waals surface area contributed by atoms with Crippen LogP contribution in [-0.4, -0.2) is 5.38 Å². The number of hydrogen-bond donors (Lipinski definition) is 0. The van der Waals surface area contributed by atoms with Crippen molar-refractivity contribution in [3.8, 4) is 0 Å². The van der Waals surface area contributed by atoms with Gasteiger partial charge in [0.05, 0.1) is 0 Å². The van der Waals surface area contributed by atoms with Crippen molar-refractivity contribution in [1.82, 2.24) is 0 Å². The quantitative estimate of drug-likeness (QED) is 0.464. The molecule has 0 bridgehead atoms. The van der Waals surface area contributed by atoms with Crippen LogP contribution in [0.2, 0.25) is 0 Å². The third-order valence-electron chi connectivity index (χ3n) is 1.62. The fourth-order valence-electron chi connectivity index (χ4n) is 0.871. The lowest BCUT2D eigenvalue weighted by atomic mass is 10.1. The van der Waals surface area contributed by atoms with E-state index >= 15 is 0 Å². The SMILES string of the molecule is CC(C)[C@@H]1C[C@@H]1Cl. The minimum atomic E-state index is 0.514. The highest BCUT2D eigenvalue weighted by Crippen LogP contribution is 2.41. The summed E-state index contributed by atoms with van der Waals surface area (Å²) >= 11 is 5.75. The Morgan fingerprint density at radius 3 is 2.00 bits per heavy atom. The van der Waals surface area contributed by atoms with Crippen molar-refractivity contribution in [1.29, 1.82) is 0 Å². The zero-order valence-corrected chi connectivity index (χ0v) is 5.57. The maximum absolute atomic E-state index is 5.75. The Balaban J connectivity index is 2.20. The zero-order chi connectivity index (χ0) is 5.44. The Kier molecular flexibility index (Phi) is 1.29. The van der Waals surface area contributed by atoms with Crippen molar-refractivity contribution in [3.63, 3.8) is 0 Å². The van der Waals surface area contributed by atoms with Crippen LogP contribution < -0.4 is 0 Å². The Hall–Kier alpha value is 0.290. The smallest absolute Gasteiger partial charge is 0.0370 e. The molecular formula is C6H11Cl. The lowest BCUT2D eigenvalue weighted by molar-refractivity contribution is 0.565. The van der Waals surface area contributed by atoms with Crippen molar-refractivity contribution in [3.05, 3.63) is 0 Å². The van der Waals surface area contributed by atoms with E-state index in [0.29, 0.717) is 5.38 Å². The van der Waals surface area contributed by atoms with Gasteiger partial charge in [0.2, 0.25) is 0 Å². The lowest BCUT2D eigenvalue weighted by Gasteiger charge is -1.96. The first-order valence-electron chi connectivity index (χ1n) is 2.86. The summed E-state index contributed by atoms with van der Waals surface area (Å²) in [5.41, 5.74) is 0. The van der Waals surface area contributed by atoms with E-state index in [1.165, 1.54) is 6.42 Å². The highest BCUT2D eigenvalue weighted by Gasteiger charge is 2.37. The fraction of sp³-hybridized carbons (Fsp3) is 1.00. The average molecular weight is 119 g/mol. The van der Waals surface area contributed by atoms with Crippen LogP contribution in [0, 0.1) is 11.8 Å². The largest absolute Gasteiger partial charge is 0.123 e. The molecule has 0 amide bonds. The standard InChI is InChI=1S/C6H11Cl/c1-4(2)5-3-6(5)7/h4-6H,3H2,1-2H3/t5-,6-/m0/s1. The highest BCUT2D eigenvalue weighted by atomic mass is 35.5. The number of rotatable bonds is 1. The van der Waals surface area contributed by atoms with Gasteiger partial charge in [-0.15, -0.1) is 11.6 Å². The summed E-state index contributed by atoms with van der Waals surface area (Å²) in [7, 11) is 0. The van der Waals surface area contributed by atoms with Crippen LogP contribution in [0.15, 0.2) is 0 Å². The van der Waals surface area contributed by atoms with Gasteiger partial charge in [0.1, 0.15) is 0 Å². The molecule has 0 aromatic rings. The van der Waals surface area contributed by atoms with Crippen LogP contribution in [0.1, 0.15) is 20.3 Å². The summed E-state index contributed by atoms with van der Waals surface area (Å²) in [5.74, 6) is 1.64. The molecule has 1 aliphatic rings. The van der Waals surface area contributed by atoms with Gasteiger partial charge in [-0.25, -0.2) is 0 Å². The highest BCUT2D eigenvalue weighted by molar-refractivity contribution is 6.22. The molecular weight excluding hydrogens is 108 g/mol. The molecule has 1 fully saturated rings. The fourth-order valence-corrected chi connectivity index (χ4v) is 1.37. The van der Waals surface area contributed by atoms with Crippen LogP contribution >= 0.6 is 11.6 Å². The first-order chi connectivity index (χ1) is 3.22. The van der Waals surface area contributed by atoms with E-state index in [1.54, 1.807) is 0 Å². The minimum absolute atomic E-state index is 0.514. The molecule has 42 valence electrons. The molecule has 7 heavy (non-hydrogen) atoms. The molecule has 0 heterocycles. The van der Waals surface area contributed by atoms with Crippen molar-refractivity contribution in [2.45, 2.75) is 25.6 Å². The van der Waals surface area contributed by atoms with E-state index in [2.05, 4.69) is 13.8 Å². The predicted octanol–water partition coefficient (Wildman–Crippen LogP) is 2.27. The molecule has 0 saturated heterocycles. The maximum Gasteiger partial charge on any atom is 0.0370 e. The van der Waals surface area contributed by atoms with Gasteiger partial charge in [0.15, 0.2) is 0 Å². The Labute approximate surface area is 49.9 Å². The molecule has 0 aromatic carbocycles. The summed E-state index contributed by atoms with van der Waals surface area (Å²) in [5, 5.41) is 0.514. The van der Waals surface area contributed by atoms with E-state index in [-0.39, 0.29) is 0 Å². The van der Waals surface area contributed by atoms with E-state index in [1.807, 2.05) is 0 Å². The topological polar surface area (TPSA) is 0 Å². The number of hydrogen-bond acceptors (Lipinski definition) is 0. The van der Waals surface area contributed by atoms with E-state index in [9.17, 15) is 0 Å². The van der Waals surface area contributed by atoms with Crippen LogP contribution in [0.4, 0.5) is 0 Å². The third-order valence-corrected chi connectivity index (χ3v) is 2.12. The molecule has 0 unspecified atom stereocenters. The maximum atomic E-state index is 5.75. The van der Waals surface area contributed by atoms with Crippen LogP contribution in [-0.2, 0) is 0 Å². The van der Waals surface area contributed by atoms with E-state index in [4.69, 9.17) is 11.6 Å². The summed E-state index contributed by atoms with van der Waals surface area (Å²) in [6.45, 7) is 4.46.